The van der Waals surface area contributed by atoms with Crippen LogP contribution in [0.25, 0.3) is 0 Å². The predicted octanol–water partition coefficient (Wildman–Crippen LogP) is -0.397. The molecule has 2 atom stereocenters. The molecule has 0 saturated heterocycles. The van der Waals surface area contributed by atoms with E-state index >= 15 is 0 Å². The summed E-state index contributed by atoms with van der Waals surface area (Å²) in [5, 5.41) is 9.78. The summed E-state index contributed by atoms with van der Waals surface area (Å²) < 4.78 is 0. The van der Waals surface area contributed by atoms with E-state index < -0.39 is 18.1 Å². The van der Waals surface area contributed by atoms with Crippen LogP contribution in [-0.2, 0) is 16.0 Å². The molecule has 122 valence electrons. The van der Waals surface area contributed by atoms with Crippen molar-refractivity contribution >= 4 is 23.6 Å². The lowest BCUT2D eigenvalue weighted by Gasteiger charge is -2.18. The number of hydrogen-bond acceptors (Lipinski definition) is 6. The van der Waals surface area contributed by atoms with Crippen molar-refractivity contribution in [3.05, 3.63) is 30.1 Å². The molecule has 8 heteroatoms. The average molecular weight is 326 g/mol. The second-order valence-corrected chi connectivity index (χ2v) is 6.06. The highest BCUT2D eigenvalue weighted by atomic mass is 32.2. The molecule has 0 bridgehead atoms. The Bertz CT molecular complexity index is 472. The number of hydrazine groups is 1. The Kier molecular flexibility index (Phi) is 8.49. The fourth-order valence-corrected chi connectivity index (χ4v) is 2.38. The molecule has 0 aliphatic rings. The van der Waals surface area contributed by atoms with Crippen LogP contribution >= 0.6 is 11.8 Å². The Morgan fingerprint density at radius 3 is 2.68 bits per heavy atom. The van der Waals surface area contributed by atoms with E-state index in [0.717, 1.165) is 17.1 Å². The largest absolute Gasteiger partial charge is 0.382 e. The van der Waals surface area contributed by atoms with Gasteiger partial charge in [-0.25, -0.2) is 0 Å². The summed E-state index contributed by atoms with van der Waals surface area (Å²) in [6, 6.07) is 2.76. The summed E-state index contributed by atoms with van der Waals surface area (Å²) in [5.74, 6) is 0.634. The number of aliphatic hydroxyl groups excluding tert-OH is 1. The number of nitrogens with zero attached hydrogens (tertiary/aromatic N) is 1. The molecular weight excluding hydrogens is 304 g/mol. The Balaban J connectivity index is 2.30. The van der Waals surface area contributed by atoms with Crippen molar-refractivity contribution in [1.82, 2.24) is 15.8 Å². The summed E-state index contributed by atoms with van der Waals surface area (Å²) in [4.78, 5) is 27.2. The summed E-state index contributed by atoms with van der Waals surface area (Å²) in [6.07, 6.45) is 2.45. The zero-order valence-electron chi connectivity index (χ0n) is 12.5. The maximum Gasteiger partial charge on any atom is 0.268 e. The van der Waals surface area contributed by atoms with Gasteiger partial charge in [0.2, 0.25) is 5.91 Å². The maximum atomic E-state index is 11.7. The Labute approximate surface area is 134 Å². The van der Waals surface area contributed by atoms with Crippen LogP contribution in [0.2, 0.25) is 0 Å². The third-order valence-corrected chi connectivity index (χ3v) is 3.85. The van der Waals surface area contributed by atoms with Gasteiger partial charge in [0.15, 0.2) is 0 Å². The molecule has 0 aromatic carbocycles. The number of pyridine rings is 1. The maximum absolute atomic E-state index is 11.7. The van der Waals surface area contributed by atoms with Gasteiger partial charge in [0.05, 0.1) is 6.42 Å². The van der Waals surface area contributed by atoms with E-state index in [1.807, 2.05) is 6.92 Å². The zero-order chi connectivity index (χ0) is 16.4. The number of nitrogens with two attached hydrogens (primary N) is 1. The van der Waals surface area contributed by atoms with Crippen LogP contribution < -0.4 is 16.6 Å². The summed E-state index contributed by atoms with van der Waals surface area (Å²) in [5.41, 5.74) is 11.0. The molecule has 0 aliphatic carbocycles. The van der Waals surface area contributed by atoms with Gasteiger partial charge in [0.1, 0.15) is 6.10 Å². The fraction of sp³-hybridized carbons (Fsp3) is 0.500. The Morgan fingerprint density at radius 2 is 2.05 bits per heavy atom. The number of amides is 2. The molecule has 0 aliphatic heterocycles. The number of nitrogens with one attached hydrogen (secondary N) is 2. The van der Waals surface area contributed by atoms with Gasteiger partial charge in [-0.15, -0.1) is 0 Å². The number of carbonyl (C=O) groups excluding carboxylic acids is 2. The third-order valence-electron chi connectivity index (χ3n) is 2.91. The van der Waals surface area contributed by atoms with Gasteiger partial charge in [-0.2, -0.15) is 11.8 Å². The molecule has 1 heterocycles. The topological polar surface area (TPSA) is 117 Å². The number of carbonyl (C=O) groups is 2. The molecule has 1 aromatic rings. The minimum Gasteiger partial charge on any atom is -0.382 e. The van der Waals surface area contributed by atoms with Gasteiger partial charge in [0.25, 0.3) is 5.91 Å². The van der Waals surface area contributed by atoms with E-state index in [9.17, 15) is 14.7 Å². The molecule has 1 aromatic heterocycles. The lowest BCUT2D eigenvalue weighted by molar-refractivity contribution is -0.134. The molecule has 0 radical (unpaired) electrons. The fourth-order valence-electron chi connectivity index (χ4n) is 1.65. The van der Waals surface area contributed by atoms with Gasteiger partial charge >= 0.3 is 0 Å². The van der Waals surface area contributed by atoms with Gasteiger partial charge in [-0.05, 0) is 35.6 Å². The minimum atomic E-state index is -1.35. The molecule has 0 spiro atoms. The van der Waals surface area contributed by atoms with Crippen molar-refractivity contribution in [2.75, 3.05) is 11.5 Å². The van der Waals surface area contributed by atoms with Crippen molar-refractivity contribution in [2.45, 2.75) is 31.9 Å². The first-order valence-corrected chi connectivity index (χ1v) is 8.19. The highest BCUT2D eigenvalue weighted by molar-refractivity contribution is 7.99. The number of aliphatic hydroxyl groups is 1. The van der Waals surface area contributed by atoms with Crippen molar-refractivity contribution in [3.8, 4) is 0 Å². The number of rotatable bonds is 8. The van der Waals surface area contributed by atoms with Crippen molar-refractivity contribution < 1.29 is 14.7 Å². The molecule has 2 unspecified atom stereocenters. The van der Waals surface area contributed by atoms with E-state index in [4.69, 9.17) is 5.73 Å². The zero-order valence-corrected chi connectivity index (χ0v) is 13.3. The lowest BCUT2D eigenvalue weighted by atomic mass is 10.1. The summed E-state index contributed by atoms with van der Waals surface area (Å²) in [7, 11) is 0. The van der Waals surface area contributed by atoms with Gasteiger partial charge in [-0.1, -0.05) is 6.92 Å². The standard InChI is InChI=1S/C14H22N4O3S/c1-2-22-8-5-11(15)13(20)14(21)18-17-12(19)9-10-3-6-16-7-4-10/h3-4,6-7,11,13,20H,2,5,8-9,15H2,1H3,(H,17,19)(H,18,21). The van der Waals surface area contributed by atoms with Crippen LogP contribution in [0.5, 0.6) is 0 Å². The lowest BCUT2D eigenvalue weighted by Crippen LogP contribution is -2.52. The van der Waals surface area contributed by atoms with E-state index in [1.54, 1.807) is 36.3 Å². The van der Waals surface area contributed by atoms with Crippen LogP contribution in [0.3, 0.4) is 0 Å². The second-order valence-electron chi connectivity index (χ2n) is 4.66. The molecule has 1 rings (SSSR count). The first kappa shape index (κ1) is 18.4. The molecule has 0 fully saturated rings. The quantitative estimate of drug-likeness (QED) is 0.381. The number of aromatic nitrogens is 1. The van der Waals surface area contributed by atoms with Crippen molar-refractivity contribution in [3.63, 3.8) is 0 Å². The third kappa shape index (κ3) is 6.88. The van der Waals surface area contributed by atoms with Crippen LogP contribution in [0.4, 0.5) is 0 Å². The normalized spacial score (nSPS) is 13.2. The van der Waals surface area contributed by atoms with Crippen LogP contribution in [0.15, 0.2) is 24.5 Å². The Hall–Kier alpha value is -1.64. The van der Waals surface area contributed by atoms with Crippen molar-refractivity contribution in [1.29, 1.82) is 0 Å². The first-order valence-electron chi connectivity index (χ1n) is 7.03. The van der Waals surface area contributed by atoms with Gasteiger partial charge in [0, 0.05) is 18.4 Å². The van der Waals surface area contributed by atoms with E-state index in [-0.39, 0.29) is 12.3 Å². The highest BCUT2D eigenvalue weighted by Crippen LogP contribution is 2.05. The number of thioether (sulfide) groups is 1. The van der Waals surface area contributed by atoms with Gasteiger partial charge < -0.3 is 10.8 Å². The van der Waals surface area contributed by atoms with Crippen LogP contribution in [0, 0.1) is 0 Å². The molecule has 22 heavy (non-hydrogen) atoms. The SMILES string of the molecule is CCSCCC(N)C(O)C(=O)NNC(=O)Cc1ccncc1. The van der Waals surface area contributed by atoms with E-state index in [2.05, 4.69) is 15.8 Å². The predicted molar refractivity (Wildman–Crippen MR) is 85.8 cm³/mol. The van der Waals surface area contributed by atoms with Crippen LogP contribution in [0.1, 0.15) is 18.9 Å². The molecule has 0 saturated carbocycles. The smallest absolute Gasteiger partial charge is 0.268 e. The summed E-state index contributed by atoms with van der Waals surface area (Å²) >= 11 is 1.69. The highest BCUT2D eigenvalue weighted by Gasteiger charge is 2.22. The average Bonchev–Trinajstić information content (AvgIpc) is 2.53. The van der Waals surface area contributed by atoms with Crippen LogP contribution in [-0.4, -0.2) is 45.6 Å². The molecule has 2 amide bonds. The second kappa shape index (κ2) is 10.1. The first-order chi connectivity index (χ1) is 10.5. The van der Waals surface area contributed by atoms with Gasteiger partial charge in [-0.3, -0.25) is 25.4 Å². The van der Waals surface area contributed by atoms with E-state index in [0.29, 0.717) is 6.42 Å². The monoisotopic (exact) mass is 326 g/mol. The van der Waals surface area contributed by atoms with Crippen molar-refractivity contribution in [2.24, 2.45) is 5.73 Å². The Morgan fingerprint density at radius 1 is 1.36 bits per heavy atom. The van der Waals surface area contributed by atoms with E-state index in [1.165, 1.54) is 0 Å². The molecule has 5 N–H and O–H groups in total. The number of hydrogen-bond donors (Lipinski definition) is 4. The molecule has 7 nitrogen and oxygen atoms in total. The minimum absolute atomic E-state index is 0.109. The summed E-state index contributed by atoms with van der Waals surface area (Å²) in [6.45, 7) is 2.03. The molecular formula is C14H22N4O3S.